The Morgan fingerprint density at radius 3 is 0.852 bits per heavy atom. The molecule has 6 aromatic rings. The van der Waals surface area contributed by atoms with E-state index in [0.29, 0.717) is 17.1 Å². The van der Waals surface area contributed by atoms with E-state index in [4.69, 9.17) is 11.6 Å². The first-order valence-electron chi connectivity index (χ1n) is 15.9. The lowest BCUT2D eigenvalue weighted by Crippen LogP contribution is -2.81. The maximum Gasteiger partial charge on any atom is 0.227 e. The average molecular weight is 912 g/mol. The molecule has 0 atom stereocenters. The Morgan fingerprint density at radius 1 is 0.377 bits per heavy atom. The molecule has 1 aromatic heterocycles. The number of hydrogen-bond donors (Lipinski definition) is 0. The van der Waals surface area contributed by atoms with Gasteiger partial charge >= 0.3 is 0 Å². The zero-order valence-electron chi connectivity index (χ0n) is 28.8. The number of carbonyl (C=O) groups is 1. The molecule has 0 amide bonds. The zero-order chi connectivity index (χ0) is 45.7. The van der Waals surface area contributed by atoms with Crippen molar-refractivity contribution in [3.8, 4) is 0 Å². The number of pyridine rings is 1. The van der Waals surface area contributed by atoms with Crippen molar-refractivity contribution in [1.29, 1.82) is 0 Å². The molecule has 0 aliphatic carbocycles. The fourth-order valence-electron chi connectivity index (χ4n) is 6.31. The lowest BCUT2D eigenvalue weighted by atomic mass is 9.12. The van der Waals surface area contributed by atoms with Crippen LogP contribution in [0.1, 0.15) is 10.4 Å². The number of benzene rings is 5. The second kappa shape index (κ2) is 17.1. The van der Waals surface area contributed by atoms with Gasteiger partial charge in [-0.25, -0.2) is 87.8 Å². The highest BCUT2D eigenvalue weighted by molar-refractivity contribution is 7.20. The van der Waals surface area contributed by atoms with E-state index < -0.39 is 144 Å². The Kier molecular flexibility index (Phi) is 12.9. The molecule has 2 nitrogen and oxygen atoms in total. The topological polar surface area (TPSA) is 20.9 Å². The number of hydrogen-bond acceptors (Lipinski definition) is 1. The van der Waals surface area contributed by atoms with Crippen molar-refractivity contribution < 1.29 is 97.2 Å². The molecule has 0 N–H and O–H groups in total. The first-order valence-corrected chi connectivity index (χ1v) is 16.3. The number of nitrogens with zero attached hydrogens (tertiary/aromatic N) is 1. The highest BCUT2D eigenvalue weighted by Crippen LogP contribution is 2.30. The summed E-state index contributed by atoms with van der Waals surface area (Å²) >= 11 is 5.76. The Labute approximate surface area is 330 Å². The maximum absolute atomic E-state index is 15.4. The third-order valence-electron chi connectivity index (χ3n) is 8.98. The van der Waals surface area contributed by atoms with Crippen LogP contribution >= 0.6 is 11.6 Å². The van der Waals surface area contributed by atoms with E-state index in [2.05, 4.69) is 0 Å². The fourth-order valence-corrected chi connectivity index (χ4v) is 6.43. The third-order valence-corrected chi connectivity index (χ3v) is 9.23. The molecular formula is C37H11BClF20NO. The Bertz CT molecular complexity index is 2370. The molecule has 0 saturated heterocycles. The van der Waals surface area contributed by atoms with Gasteiger partial charge in [0, 0.05) is 22.7 Å². The minimum absolute atomic E-state index is 0.0767. The van der Waals surface area contributed by atoms with E-state index >= 15 is 35.1 Å². The van der Waals surface area contributed by atoms with Crippen molar-refractivity contribution in [2.45, 2.75) is 6.54 Å². The van der Waals surface area contributed by atoms with Crippen LogP contribution in [0.4, 0.5) is 87.8 Å². The van der Waals surface area contributed by atoms with E-state index in [1.807, 2.05) is 35.2 Å². The predicted molar refractivity (Wildman–Crippen MR) is 172 cm³/mol. The van der Waals surface area contributed by atoms with Gasteiger partial charge < -0.3 is 0 Å². The van der Waals surface area contributed by atoms with Crippen LogP contribution in [0, 0.1) is 116 Å². The van der Waals surface area contributed by atoms with E-state index in [0.717, 1.165) is 0 Å². The second-order valence-corrected chi connectivity index (χ2v) is 12.7. The van der Waals surface area contributed by atoms with Crippen LogP contribution < -0.4 is 26.4 Å². The number of rotatable bonds is 7. The van der Waals surface area contributed by atoms with Gasteiger partial charge in [0.2, 0.25) is 12.3 Å². The van der Waals surface area contributed by atoms with Gasteiger partial charge in [-0.3, -0.25) is 4.79 Å². The molecule has 0 radical (unpaired) electrons. The van der Waals surface area contributed by atoms with Crippen LogP contribution in [0.25, 0.3) is 0 Å². The molecule has 320 valence electrons. The van der Waals surface area contributed by atoms with Crippen LogP contribution in [0.2, 0.25) is 5.02 Å². The summed E-state index contributed by atoms with van der Waals surface area (Å²) in [5.74, 6) is -71.3. The zero-order valence-corrected chi connectivity index (χ0v) is 29.5. The van der Waals surface area contributed by atoms with Crippen molar-refractivity contribution >= 4 is 45.4 Å². The van der Waals surface area contributed by atoms with Crippen LogP contribution in [-0.2, 0) is 6.54 Å². The second-order valence-electron chi connectivity index (χ2n) is 12.3. The summed E-state index contributed by atoms with van der Waals surface area (Å²) in [4.78, 5) is 11.9. The highest BCUT2D eigenvalue weighted by Gasteiger charge is 2.52. The van der Waals surface area contributed by atoms with Gasteiger partial charge in [-0.15, -0.1) is 21.9 Å². The number of aromatic nitrogens is 1. The van der Waals surface area contributed by atoms with Gasteiger partial charge in [0.05, 0.1) is 0 Å². The van der Waals surface area contributed by atoms with E-state index in [1.54, 1.807) is 24.3 Å². The first-order chi connectivity index (χ1) is 28.5. The lowest BCUT2D eigenvalue weighted by Gasteiger charge is -2.44. The Hall–Kier alpha value is -6.13. The highest BCUT2D eigenvalue weighted by atomic mass is 35.5. The largest absolute Gasteiger partial charge is 0.287 e. The summed E-state index contributed by atoms with van der Waals surface area (Å²) < 4.78 is 296. The molecule has 0 unspecified atom stereocenters. The molecule has 1 heterocycles. The van der Waals surface area contributed by atoms with Crippen molar-refractivity contribution in [2.75, 3.05) is 0 Å². The maximum atomic E-state index is 15.4. The normalized spacial score (nSPS) is 11.5. The fraction of sp³-hybridized carbons (Fsp3) is 0.0270. The standard InChI is InChI=1S/C24BF20.C13H11ClNO/c26-5-1(6(27)14(35)21(42)13(5)34)25(2-7(28)15(36)22(43)16(37)8(2)29,3-9(30)17(38)23(44)18(39)10(3)31)4-11(32)19(40)24(45)20(41)12(4)33;14-12-6-4-11(5-7-12)13(16)10-15-8-2-1-3-9-15/h;1-9H,10H2/q-1;+1. The molecule has 6 rings (SSSR count). The van der Waals surface area contributed by atoms with Gasteiger partial charge in [0.15, 0.2) is 82.2 Å². The van der Waals surface area contributed by atoms with Crippen LogP contribution in [-0.4, -0.2) is 11.9 Å². The predicted octanol–water partition coefficient (Wildman–Crippen LogP) is 8.36. The molecule has 0 bridgehead atoms. The smallest absolute Gasteiger partial charge is 0.227 e. The van der Waals surface area contributed by atoms with E-state index in [1.165, 1.54) is 0 Å². The number of halogens is 21. The molecular weight excluding hydrogens is 901 g/mol. The minimum atomic E-state index is -7.22. The molecule has 0 fully saturated rings. The third kappa shape index (κ3) is 7.41. The van der Waals surface area contributed by atoms with Crippen molar-refractivity contribution in [2.24, 2.45) is 0 Å². The first kappa shape index (κ1) is 46.0. The number of Topliss-reactive ketones (excluding diaryl/α,β-unsaturated/α-hetero) is 1. The monoisotopic (exact) mass is 911 g/mol. The van der Waals surface area contributed by atoms with E-state index in [9.17, 15) is 57.5 Å². The Balaban J connectivity index is 0.000000366. The quantitative estimate of drug-likeness (QED) is 0.0395. The minimum Gasteiger partial charge on any atom is -0.287 e. The molecule has 5 aromatic carbocycles. The van der Waals surface area contributed by atoms with E-state index in [-0.39, 0.29) is 5.78 Å². The van der Waals surface area contributed by atoms with Crippen molar-refractivity contribution in [3.63, 3.8) is 0 Å². The molecule has 24 heteroatoms. The summed E-state index contributed by atoms with van der Waals surface area (Å²) in [6, 6.07) is 12.7. The number of carbonyl (C=O) groups excluding carboxylic acids is 1. The van der Waals surface area contributed by atoms with Crippen molar-refractivity contribution in [3.05, 3.63) is 182 Å². The molecule has 61 heavy (non-hydrogen) atoms. The summed E-state index contributed by atoms with van der Waals surface area (Å²) in [5.41, 5.74) is -13.6. The summed E-state index contributed by atoms with van der Waals surface area (Å²) in [6.45, 7) is 0.350. The molecule has 0 aliphatic heterocycles. The SMILES string of the molecule is Fc1c(F)c(F)c([B-](c2c(F)c(F)c(F)c(F)c2F)(c2c(F)c(F)c(F)c(F)c2F)c2c(F)c(F)c(F)c(F)c2F)c(F)c1F.O=C(C[n+]1ccccc1)c1ccc(Cl)cc1. The summed E-state index contributed by atoms with van der Waals surface area (Å²) in [5, 5.41) is 0.643. The van der Waals surface area contributed by atoms with Gasteiger partial charge in [0.25, 0.3) is 0 Å². The van der Waals surface area contributed by atoms with Gasteiger partial charge in [-0.05, 0) is 24.3 Å². The van der Waals surface area contributed by atoms with Gasteiger partial charge in [0.1, 0.15) is 52.7 Å². The Morgan fingerprint density at radius 2 is 0.607 bits per heavy atom. The molecule has 0 aliphatic rings. The summed E-state index contributed by atoms with van der Waals surface area (Å²) in [7, 11) is 0. The van der Waals surface area contributed by atoms with Crippen LogP contribution in [0.15, 0.2) is 54.9 Å². The molecule has 0 spiro atoms. The number of ketones is 1. The average Bonchev–Trinajstić information content (AvgIpc) is 3.24. The van der Waals surface area contributed by atoms with Gasteiger partial charge in [-0.2, -0.15) is 4.57 Å². The molecule has 0 saturated carbocycles. The van der Waals surface area contributed by atoms with Crippen LogP contribution in [0.3, 0.4) is 0 Å². The lowest BCUT2D eigenvalue weighted by molar-refractivity contribution is -0.683. The van der Waals surface area contributed by atoms with Crippen LogP contribution in [0.5, 0.6) is 0 Å². The van der Waals surface area contributed by atoms with Crippen molar-refractivity contribution in [1.82, 2.24) is 0 Å². The van der Waals surface area contributed by atoms with Gasteiger partial charge in [-0.1, -0.05) is 17.7 Å². The summed E-state index contributed by atoms with van der Waals surface area (Å²) in [6.07, 6.45) is -3.48.